The summed E-state index contributed by atoms with van der Waals surface area (Å²) in [5.74, 6) is 1.29. The number of anilines is 2. The molecule has 2 aromatic heterocycles. The van der Waals surface area contributed by atoms with E-state index in [0.717, 1.165) is 17.2 Å². The summed E-state index contributed by atoms with van der Waals surface area (Å²) >= 11 is 6.42. The number of imidazole rings is 1. The van der Waals surface area contributed by atoms with Crippen LogP contribution in [0.4, 0.5) is 11.6 Å². The number of halogens is 1. The molecule has 162 valence electrons. The van der Waals surface area contributed by atoms with Gasteiger partial charge in [0.15, 0.2) is 0 Å². The van der Waals surface area contributed by atoms with Crippen molar-refractivity contribution in [1.29, 1.82) is 0 Å². The average Bonchev–Trinajstić information content (AvgIpc) is 3.16. The fourth-order valence-electron chi connectivity index (χ4n) is 3.69. The van der Waals surface area contributed by atoms with Crippen molar-refractivity contribution in [2.24, 2.45) is 0 Å². The van der Waals surface area contributed by atoms with E-state index in [4.69, 9.17) is 16.3 Å². The van der Waals surface area contributed by atoms with Crippen LogP contribution < -0.4 is 5.32 Å². The van der Waals surface area contributed by atoms with E-state index < -0.39 is 0 Å². The molecule has 1 amide bonds. The van der Waals surface area contributed by atoms with E-state index in [1.54, 1.807) is 29.3 Å². The second kappa shape index (κ2) is 9.03. The number of hydrogen-bond acceptors (Lipinski definition) is 6. The number of ether oxygens (including phenoxy) is 1. The molecule has 1 aromatic carbocycles. The summed E-state index contributed by atoms with van der Waals surface area (Å²) in [6, 6.07) is 7.37. The van der Waals surface area contributed by atoms with Crippen molar-refractivity contribution in [3.05, 3.63) is 53.1 Å². The number of rotatable bonds is 5. The molecule has 0 radical (unpaired) electrons. The molecular formula is C22H25ClN6O2. The second-order valence-corrected chi connectivity index (χ2v) is 8.05. The molecule has 9 heteroatoms. The molecule has 0 unspecified atom stereocenters. The van der Waals surface area contributed by atoms with E-state index in [-0.39, 0.29) is 11.9 Å². The maximum absolute atomic E-state index is 12.7. The number of nitrogens with one attached hydrogen (secondary N) is 1. The van der Waals surface area contributed by atoms with Gasteiger partial charge in [0, 0.05) is 31.0 Å². The molecule has 0 bridgehead atoms. The van der Waals surface area contributed by atoms with Gasteiger partial charge < -0.3 is 19.5 Å². The van der Waals surface area contributed by atoms with Crippen molar-refractivity contribution in [1.82, 2.24) is 24.4 Å². The quantitative estimate of drug-likeness (QED) is 0.642. The van der Waals surface area contributed by atoms with Crippen LogP contribution in [0.3, 0.4) is 0 Å². The summed E-state index contributed by atoms with van der Waals surface area (Å²) in [7, 11) is 0. The normalized spacial score (nSPS) is 14.2. The first-order valence-electron chi connectivity index (χ1n) is 10.2. The number of hydrogen-bond donors (Lipinski definition) is 1. The molecule has 4 rings (SSSR count). The Bertz CT molecular complexity index is 1090. The van der Waals surface area contributed by atoms with Crippen molar-refractivity contribution in [3.63, 3.8) is 0 Å². The third-order valence-electron chi connectivity index (χ3n) is 5.17. The van der Waals surface area contributed by atoms with E-state index in [1.807, 2.05) is 19.2 Å². The van der Waals surface area contributed by atoms with Crippen LogP contribution in [0.25, 0.3) is 11.4 Å². The van der Waals surface area contributed by atoms with Gasteiger partial charge in [0.2, 0.25) is 5.95 Å². The van der Waals surface area contributed by atoms with Crippen LogP contribution >= 0.6 is 11.6 Å². The molecule has 0 saturated carbocycles. The van der Waals surface area contributed by atoms with Gasteiger partial charge in [0.05, 0.1) is 41.4 Å². The Hall–Kier alpha value is -2.97. The summed E-state index contributed by atoms with van der Waals surface area (Å²) in [4.78, 5) is 27.9. The summed E-state index contributed by atoms with van der Waals surface area (Å²) in [6.45, 7) is 8.44. The van der Waals surface area contributed by atoms with Crippen molar-refractivity contribution in [2.75, 3.05) is 31.6 Å². The molecule has 0 atom stereocenters. The highest BCUT2D eigenvalue weighted by Gasteiger charge is 2.21. The molecule has 1 aliphatic rings. The van der Waals surface area contributed by atoms with Gasteiger partial charge >= 0.3 is 0 Å². The van der Waals surface area contributed by atoms with Crippen LogP contribution in [-0.4, -0.2) is 56.6 Å². The standard InChI is InChI=1S/C22H25ClN6O2/c1-14(2)29-15(3)25-13-20(29)19-6-7-24-22(27-19)26-16-4-5-17(18(23)12-16)21(30)28-8-10-31-11-9-28/h4-7,12-14H,8-11H2,1-3H3,(H,24,26,27). The van der Waals surface area contributed by atoms with Crippen LogP contribution in [0.1, 0.15) is 36.1 Å². The predicted octanol–water partition coefficient (Wildman–Crippen LogP) is 4.10. The fraction of sp³-hybridized carbons (Fsp3) is 0.364. The number of aromatic nitrogens is 4. The van der Waals surface area contributed by atoms with E-state index in [9.17, 15) is 4.79 Å². The largest absolute Gasteiger partial charge is 0.378 e. The molecule has 1 aliphatic heterocycles. The first-order valence-corrected chi connectivity index (χ1v) is 10.6. The minimum absolute atomic E-state index is 0.0876. The van der Waals surface area contributed by atoms with Crippen molar-refractivity contribution in [2.45, 2.75) is 26.8 Å². The zero-order chi connectivity index (χ0) is 22.0. The maximum atomic E-state index is 12.7. The minimum atomic E-state index is -0.0876. The zero-order valence-electron chi connectivity index (χ0n) is 17.8. The highest BCUT2D eigenvalue weighted by molar-refractivity contribution is 6.34. The van der Waals surface area contributed by atoms with Crippen LogP contribution in [0.2, 0.25) is 5.02 Å². The van der Waals surface area contributed by atoms with Crippen LogP contribution in [0.5, 0.6) is 0 Å². The third kappa shape index (κ3) is 4.55. The van der Waals surface area contributed by atoms with Gasteiger partial charge in [-0.25, -0.2) is 15.0 Å². The molecule has 31 heavy (non-hydrogen) atoms. The SMILES string of the molecule is Cc1ncc(-c2ccnc(Nc3ccc(C(=O)N4CCOCC4)c(Cl)c3)n2)n1C(C)C. The lowest BCUT2D eigenvalue weighted by Gasteiger charge is -2.27. The molecular weight excluding hydrogens is 416 g/mol. The number of aryl methyl sites for hydroxylation is 1. The lowest BCUT2D eigenvalue weighted by Crippen LogP contribution is -2.40. The van der Waals surface area contributed by atoms with E-state index in [2.05, 4.69) is 38.7 Å². The number of nitrogens with zero attached hydrogens (tertiary/aromatic N) is 5. The lowest BCUT2D eigenvalue weighted by molar-refractivity contribution is 0.0303. The number of amides is 1. The Morgan fingerprint density at radius 2 is 1.97 bits per heavy atom. The Kier molecular flexibility index (Phi) is 6.20. The predicted molar refractivity (Wildman–Crippen MR) is 120 cm³/mol. The number of carbonyl (C=O) groups is 1. The first kappa shape index (κ1) is 21.3. The lowest BCUT2D eigenvalue weighted by atomic mass is 10.1. The van der Waals surface area contributed by atoms with Crippen LogP contribution in [0.15, 0.2) is 36.7 Å². The van der Waals surface area contributed by atoms with Crippen molar-refractivity contribution < 1.29 is 9.53 Å². The third-order valence-corrected chi connectivity index (χ3v) is 5.48. The number of benzene rings is 1. The smallest absolute Gasteiger partial charge is 0.255 e. The van der Waals surface area contributed by atoms with Gasteiger partial charge in [-0.2, -0.15) is 0 Å². The first-order chi connectivity index (χ1) is 14.9. The van der Waals surface area contributed by atoms with Gasteiger partial charge in [0.25, 0.3) is 5.91 Å². The summed E-state index contributed by atoms with van der Waals surface area (Å²) in [5.41, 5.74) is 2.88. The Balaban J connectivity index is 1.54. The second-order valence-electron chi connectivity index (χ2n) is 7.64. The Labute approximate surface area is 186 Å². The maximum Gasteiger partial charge on any atom is 0.255 e. The highest BCUT2D eigenvalue weighted by Crippen LogP contribution is 2.26. The van der Waals surface area contributed by atoms with Gasteiger partial charge in [-0.1, -0.05) is 11.6 Å². The molecule has 3 heterocycles. The highest BCUT2D eigenvalue weighted by atomic mass is 35.5. The minimum Gasteiger partial charge on any atom is -0.378 e. The van der Waals surface area contributed by atoms with Gasteiger partial charge in [0.1, 0.15) is 5.82 Å². The summed E-state index contributed by atoms with van der Waals surface area (Å²) in [6.07, 6.45) is 3.53. The average molecular weight is 441 g/mol. The molecule has 3 aromatic rings. The fourth-order valence-corrected chi connectivity index (χ4v) is 3.95. The van der Waals surface area contributed by atoms with Gasteiger partial charge in [-0.3, -0.25) is 4.79 Å². The molecule has 0 aliphatic carbocycles. The zero-order valence-corrected chi connectivity index (χ0v) is 18.6. The Morgan fingerprint density at radius 1 is 1.19 bits per heavy atom. The Morgan fingerprint density at radius 3 is 2.68 bits per heavy atom. The summed E-state index contributed by atoms with van der Waals surface area (Å²) in [5, 5.41) is 3.56. The molecule has 1 N–H and O–H groups in total. The molecule has 1 saturated heterocycles. The van der Waals surface area contributed by atoms with E-state index in [0.29, 0.717) is 48.5 Å². The topological polar surface area (TPSA) is 85.2 Å². The van der Waals surface area contributed by atoms with E-state index in [1.165, 1.54) is 0 Å². The summed E-state index contributed by atoms with van der Waals surface area (Å²) < 4.78 is 7.44. The monoisotopic (exact) mass is 440 g/mol. The van der Waals surface area contributed by atoms with Gasteiger partial charge in [-0.15, -0.1) is 0 Å². The number of morpholine rings is 1. The molecule has 8 nitrogen and oxygen atoms in total. The van der Waals surface area contributed by atoms with Gasteiger partial charge in [-0.05, 0) is 45.0 Å². The van der Waals surface area contributed by atoms with Crippen LogP contribution in [0, 0.1) is 6.92 Å². The van der Waals surface area contributed by atoms with Crippen molar-refractivity contribution in [3.8, 4) is 11.4 Å². The van der Waals surface area contributed by atoms with E-state index >= 15 is 0 Å². The molecule has 1 fully saturated rings. The van der Waals surface area contributed by atoms with Crippen LogP contribution in [-0.2, 0) is 4.74 Å². The van der Waals surface area contributed by atoms with Crippen molar-refractivity contribution >= 4 is 29.1 Å². The molecule has 0 spiro atoms. The number of carbonyl (C=O) groups excluding carboxylic acids is 1.